The second kappa shape index (κ2) is 3.39. The van der Waals surface area contributed by atoms with Crippen molar-refractivity contribution in [2.24, 2.45) is 0 Å². The molecule has 0 fully saturated rings. The van der Waals surface area contributed by atoms with Crippen LogP contribution < -0.4 is 0 Å². The minimum absolute atomic E-state index is 1.02. The highest BCUT2D eigenvalue weighted by atomic mass is 15.2. The summed E-state index contributed by atoms with van der Waals surface area (Å²) in [5.74, 6) is 0. The Labute approximate surface area is 77.1 Å². The van der Waals surface area contributed by atoms with Gasteiger partial charge in [-0.3, -0.25) is 4.57 Å². The Bertz CT molecular complexity index is 369. The van der Waals surface area contributed by atoms with E-state index in [1.165, 1.54) is 5.57 Å². The van der Waals surface area contributed by atoms with E-state index >= 15 is 0 Å². The van der Waals surface area contributed by atoms with Crippen molar-refractivity contribution in [1.29, 1.82) is 0 Å². The molecule has 2 rings (SSSR count). The lowest BCUT2D eigenvalue weighted by Gasteiger charge is -1.98. The molecule has 0 unspecified atom stereocenters. The number of allylic oxidation sites excluding steroid dienone is 6. The number of nitrogens with zero attached hydrogens (tertiary/aromatic N) is 3. The lowest BCUT2D eigenvalue weighted by atomic mass is 10.2. The van der Waals surface area contributed by atoms with Gasteiger partial charge < -0.3 is 0 Å². The van der Waals surface area contributed by atoms with E-state index in [2.05, 4.69) is 41.4 Å². The van der Waals surface area contributed by atoms with Crippen molar-refractivity contribution in [3.63, 3.8) is 0 Å². The summed E-state index contributed by atoms with van der Waals surface area (Å²) in [5.41, 5.74) is 2.46. The van der Waals surface area contributed by atoms with E-state index in [9.17, 15) is 0 Å². The normalized spacial score (nSPS) is 16.4. The van der Waals surface area contributed by atoms with E-state index in [1.54, 1.807) is 12.7 Å². The van der Waals surface area contributed by atoms with Crippen molar-refractivity contribution >= 4 is 5.70 Å². The Morgan fingerprint density at radius 2 is 2.00 bits per heavy atom. The Morgan fingerprint density at radius 1 is 1.23 bits per heavy atom. The molecule has 0 saturated heterocycles. The first-order chi connectivity index (χ1) is 6.36. The Kier molecular flexibility index (Phi) is 2.08. The van der Waals surface area contributed by atoms with E-state index in [1.807, 2.05) is 4.57 Å². The van der Waals surface area contributed by atoms with Crippen LogP contribution in [-0.2, 0) is 0 Å². The van der Waals surface area contributed by atoms with Crippen LogP contribution in [-0.4, -0.2) is 14.8 Å². The molecule has 1 aromatic rings. The molecule has 1 aliphatic rings. The topological polar surface area (TPSA) is 30.7 Å². The molecule has 0 aliphatic heterocycles. The van der Waals surface area contributed by atoms with E-state index < -0.39 is 0 Å². The monoisotopic (exact) mass is 173 g/mol. The highest BCUT2D eigenvalue weighted by molar-refractivity contribution is 5.60. The van der Waals surface area contributed by atoms with Crippen LogP contribution in [0.4, 0.5) is 0 Å². The van der Waals surface area contributed by atoms with Crippen molar-refractivity contribution in [3.8, 4) is 0 Å². The van der Waals surface area contributed by atoms with Gasteiger partial charge in [-0.15, -0.1) is 10.2 Å². The predicted molar refractivity (Wildman–Crippen MR) is 51.8 cm³/mol. The molecule has 13 heavy (non-hydrogen) atoms. The summed E-state index contributed by atoms with van der Waals surface area (Å²) in [7, 11) is 0. The molecule has 0 radical (unpaired) electrons. The number of hydrogen-bond donors (Lipinski definition) is 0. The fourth-order valence-electron chi connectivity index (χ4n) is 1.22. The molecule has 0 saturated carbocycles. The predicted octanol–water partition coefficient (Wildman–Crippen LogP) is 2.03. The first-order valence-corrected chi connectivity index (χ1v) is 4.25. The summed E-state index contributed by atoms with van der Waals surface area (Å²) in [6, 6.07) is 0. The molecule has 0 atom stereocenters. The van der Waals surface area contributed by atoms with Crippen molar-refractivity contribution < 1.29 is 0 Å². The largest absolute Gasteiger partial charge is 0.288 e. The third kappa shape index (κ3) is 1.75. The summed E-state index contributed by atoms with van der Waals surface area (Å²) in [4.78, 5) is 0. The van der Waals surface area contributed by atoms with Gasteiger partial charge in [-0.25, -0.2) is 0 Å². The summed E-state index contributed by atoms with van der Waals surface area (Å²) < 4.78 is 1.89. The second-order valence-corrected chi connectivity index (χ2v) is 3.08. The Morgan fingerprint density at radius 3 is 2.77 bits per heavy atom. The van der Waals surface area contributed by atoms with Gasteiger partial charge in [0.05, 0.1) is 0 Å². The van der Waals surface area contributed by atoms with E-state index in [4.69, 9.17) is 0 Å². The lowest BCUT2D eigenvalue weighted by molar-refractivity contribution is 1.09. The summed E-state index contributed by atoms with van der Waals surface area (Å²) in [6.07, 6.45) is 12.8. The molecule has 0 aromatic carbocycles. The fraction of sp³-hybridized carbons (Fsp3) is 0.200. The minimum atomic E-state index is 1.02. The number of rotatable bonds is 1. The van der Waals surface area contributed by atoms with Crippen molar-refractivity contribution in [2.45, 2.75) is 13.3 Å². The van der Waals surface area contributed by atoms with Gasteiger partial charge in [0.25, 0.3) is 0 Å². The van der Waals surface area contributed by atoms with Crippen LogP contribution in [0.25, 0.3) is 5.70 Å². The van der Waals surface area contributed by atoms with Gasteiger partial charge in [0, 0.05) is 5.70 Å². The van der Waals surface area contributed by atoms with Gasteiger partial charge in [0.1, 0.15) is 12.7 Å². The van der Waals surface area contributed by atoms with Crippen molar-refractivity contribution in [1.82, 2.24) is 14.8 Å². The van der Waals surface area contributed by atoms with Crippen LogP contribution in [0, 0.1) is 0 Å². The highest BCUT2D eigenvalue weighted by Gasteiger charge is 1.97. The number of aromatic nitrogens is 3. The lowest BCUT2D eigenvalue weighted by Crippen LogP contribution is -1.88. The third-order valence-electron chi connectivity index (χ3n) is 1.98. The summed E-state index contributed by atoms with van der Waals surface area (Å²) in [5, 5.41) is 7.53. The standard InChI is InChI=1S/C10H11N3/c1-9-3-2-4-10(6-5-9)13-7-11-12-8-13/h2,4-8H,3H2,1H3. The average molecular weight is 173 g/mol. The molecule has 0 amide bonds. The maximum atomic E-state index is 3.76. The summed E-state index contributed by atoms with van der Waals surface area (Å²) >= 11 is 0. The second-order valence-electron chi connectivity index (χ2n) is 3.08. The Hall–Kier alpha value is -1.64. The average Bonchev–Trinajstić information content (AvgIpc) is 2.56. The summed E-state index contributed by atoms with van der Waals surface area (Å²) in [6.45, 7) is 2.12. The maximum Gasteiger partial charge on any atom is 0.123 e. The zero-order valence-electron chi connectivity index (χ0n) is 7.51. The van der Waals surface area contributed by atoms with Gasteiger partial charge in [-0.05, 0) is 25.5 Å². The highest BCUT2D eigenvalue weighted by Crippen LogP contribution is 2.13. The van der Waals surface area contributed by atoms with Crippen LogP contribution >= 0.6 is 0 Å². The molecule has 66 valence electrons. The van der Waals surface area contributed by atoms with Gasteiger partial charge in [-0.2, -0.15) is 0 Å². The minimum Gasteiger partial charge on any atom is -0.288 e. The SMILES string of the molecule is CC1=CC=C(n2cnnc2)C=CC1. The molecular formula is C10H11N3. The molecule has 1 aliphatic carbocycles. The van der Waals surface area contributed by atoms with E-state index in [-0.39, 0.29) is 0 Å². The molecular weight excluding hydrogens is 162 g/mol. The van der Waals surface area contributed by atoms with Crippen molar-refractivity contribution in [2.75, 3.05) is 0 Å². The van der Waals surface area contributed by atoms with E-state index in [0.717, 1.165) is 12.1 Å². The first-order valence-electron chi connectivity index (χ1n) is 4.25. The smallest absolute Gasteiger partial charge is 0.123 e. The van der Waals surface area contributed by atoms with Gasteiger partial charge in [-0.1, -0.05) is 17.7 Å². The Balaban J connectivity index is 2.34. The molecule has 1 aromatic heterocycles. The van der Waals surface area contributed by atoms with E-state index in [0.29, 0.717) is 0 Å². The maximum absolute atomic E-state index is 3.76. The number of hydrogen-bond acceptors (Lipinski definition) is 2. The van der Waals surface area contributed by atoms with Gasteiger partial charge in [0.2, 0.25) is 0 Å². The molecule has 0 N–H and O–H groups in total. The first kappa shape index (κ1) is 7.98. The zero-order chi connectivity index (χ0) is 9.10. The zero-order valence-corrected chi connectivity index (χ0v) is 7.51. The van der Waals surface area contributed by atoms with Crippen LogP contribution in [0.3, 0.4) is 0 Å². The van der Waals surface area contributed by atoms with Crippen molar-refractivity contribution in [3.05, 3.63) is 42.5 Å². The molecule has 0 bridgehead atoms. The van der Waals surface area contributed by atoms with Crippen LogP contribution in [0.15, 0.2) is 42.5 Å². The van der Waals surface area contributed by atoms with Crippen LogP contribution in [0.5, 0.6) is 0 Å². The van der Waals surface area contributed by atoms with Gasteiger partial charge in [0.15, 0.2) is 0 Å². The van der Waals surface area contributed by atoms with Crippen LogP contribution in [0.1, 0.15) is 13.3 Å². The van der Waals surface area contributed by atoms with Crippen LogP contribution in [0.2, 0.25) is 0 Å². The quantitative estimate of drug-likeness (QED) is 0.650. The van der Waals surface area contributed by atoms with Gasteiger partial charge >= 0.3 is 0 Å². The molecule has 1 heterocycles. The fourth-order valence-corrected chi connectivity index (χ4v) is 1.22. The molecule has 0 spiro atoms. The molecule has 3 heteroatoms. The third-order valence-corrected chi connectivity index (χ3v) is 1.98. The molecule has 3 nitrogen and oxygen atoms in total.